The Labute approximate surface area is 121 Å². The van der Waals surface area contributed by atoms with Gasteiger partial charge in [0.05, 0.1) is 5.03 Å². The fraction of sp³-hybridized carbons (Fsp3) is 0.438. The highest BCUT2D eigenvalue weighted by molar-refractivity contribution is 8.05. The van der Waals surface area contributed by atoms with Gasteiger partial charge in [-0.1, -0.05) is 57.7 Å². The Kier molecular flexibility index (Phi) is 6.71. The minimum Gasteiger partial charge on any atom is -0.335 e. The van der Waals surface area contributed by atoms with Crippen LogP contribution in [0.15, 0.2) is 47.0 Å². The van der Waals surface area contributed by atoms with Crippen molar-refractivity contribution in [1.29, 1.82) is 0 Å². The largest absolute Gasteiger partial charge is 0.335 e. The lowest BCUT2D eigenvalue weighted by atomic mass is 9.91. The highest BCUT2D eigenvalue weighted by Crippen LogP contribution is 2.28. The lowest BCUT2D eigenvalue weighted by Crippen LogP contribution is -2.04. The Bertz CT molecular complexity index is 424. The molecule has 0 saturated carbocycles. The van der Waals surface area contributed by atoms with E-state index in [-0.39, 0.29) is 0 Å². The molecule has 0 aromatic carbocycles. The lowest BCUT2D eigenvalue weighted by Gasteiger charge is -2.18. The molecule has 0 spiro atoms. The average molecular weight is 276 g/mol. The van der Waals surface area contributed by atoms with Crippen LogP contribution >= 0.6 is 11.8 Å². The van der Waals surface area contributed by atoms with Gasteiger partial charge in [0.2, 0.25) is 0 Å². The summed E-state index contributed by atoms with van der Waals surface area (Å²) in [5.74, 6) is 2.03. The zero-order valence-corrected chi connectivity index (χ0v) is 13.1. The van der Waals surface area contributed by atoms with Crippen molar-refractivity contribution < 1.29 is 0 Å². The summed E-state index contributed by atoms with van der Waals surface area (Å²) in [6, 6.07) is 5.80. The molecule has 1 atom stereocenters. The number of nitrogens with one attached hydrogen (secondary N) is 1. The first kappa shape index (κ1) is 15.8. The molecule has 19 heavy (non-hydrogen) atoms. The summed E-state index contributed by atoms with van der Waals surface area (Å²) >= 11 is 1.64. The molecule has 1 aromatic rings. The van der Waals surface area contributed by atoms with Gasteiger partial charge < -0.3 is 5.32 Å². The molecule has 2 nitrogen and oxygen atoms in total. The van der Waals surface area contributed by atoms with Gasteiger partial charge in [-0.2, -0.15) is 0 Å². The van der Waals surface area contributed by atoms with Crippen LogP contribution < -0.4 is 5.32 Å². The molecule has 0 bridgehead atoms. The van der Waals surface area contributed by atoms with Crippen LogP contribution in [-0.4, -0.2) is 4.98 Å². The van der Waals surface area contributed by atoms with Gasteiger partial charge in [0.15, 0.2) is 0 Å². The number of hydrogen-bond donors (Lipinski definition) is 1. The third-order valence-corrected chi connectivity index (χ3v) is 3.89. The van der Waals surface area contributed by atoms with Crippen molar-refractivity contribution in [2.45, 2.75) is 34.1 Å². The minimum absolute atomic E-state index is 0.574. The summed E-state index contributed by atoms with van der Waals surface area (Å²) in [6.07, 6.45) is 2.94. The number of pyridine rings is 1. The number of allylic oxidation sites excluding steroid dienone is 1. The third kappa shape index (κ3) is 5.52. The van der Waals surface area contributed by atoms with Gasteiger partial charge in [0.25, 0.3) is 0 Å². The van der Waals surface area contributed by atoms with Gasteiger partial charge in [-0.25, -0.2) is 4.98 Å². The summed E-state index contributed by atoms with van der Waals surface area (Å²) in [5, 5.41) is 6.34. The van der Waals surface area contributed by atoms with E-state index >= 15 is 0 Å². The third-order valence-electron chi connectivity index (χ3n) is 3.12. The standard InChI is InChI=1S/C16H24N2S/c1-6-13(4)15(12(2)3)11-19-14(5)18-16-9-7-8-10-17-16/h7-13H,5-6H2,1-4H3,(H,17,18)/b15-11-. The van der Waals surface area contributed by atoms with E-state index in [9.17, 15) is 0 Å². The first-order valence-electron chi connectivity index (χ1n) is 6.78. The Hall–Kier alpha value is -1.22. The molecule has 1 rings (SSSR count). The highest BCUT2D eigenvalue weighted by atomic mass is 32.2. The maximum atomic E-state index is 4.23. The normalized spacial score (nSPS) is 13.4. The fourth-order valence-electron chi connectivity index (χ4n) is 1.81. The predicted octanol–water partition coefficient (Wildman–Crippen LogP) is 5.28. The van der Waals surface area contributed by atoms with Crippen molar-refractivity contribution in [1.82, 2.24) is 4.98 Å². The predicted molar refractivity (Wildman–Crippen MR) is 87.0 cm³/mol. The Morgan fingerprint density at radius 1 is 1.42 bits per heavy atom. The van der Waals surface area contributed by atoms with Crippen molar-refractivity contribution in [3.63, 3.8) is 0 Å². The Balaban J connectivity index is 2.60. The van der Waals surface area contributed by atoms with E-state index in [0.717, 1.165) is 10.8 Å². The molecule has 1 N–H and O–H groups in total. The number of hydrogen-bond acceptors (Lipinski definition) is 3. The van der Waals surface area contributed by atoms with E-state index in [1.807, 2.05) is 18.2 Å². The second-order valence-electron chi connectivity index (χ2n) is 4.96. The van der Waals surface area contributed by atoms with Crippen LogP contribution in [0.2, 0.25) is 0 Å². The summed E-state index contributed by atoms with van der Waals surface area (Å²) in [6.45, 7) is 13.0. The van der Waals surface area contributed by atoms with Crippen molar-refractivity contribution >= 4 is 17.6 Å². The van der Waals surface area contributed by atoms with Crippen LogP contribution in [0.4, 0.5) is 5.82 Å². The smallest absolute Gasteiger partial charge is 0.130 e. The first-order valence-corrected chi connectivity index (χ1v) is 7.66. The summed E-state index contributed by atoms with van der Waals surface area (Å²) in [4.78, 5) is 4.23. The van der Waals surface area contributed by atoms with Crippen molar-refractivity contribution in [3.05, 3.63) is 47.0 Å². The molecule has 0 amide bonds. The van der Waals surface area contributed by atoms with Crippen LogP contribution in [0.1, 0.15) is 34.1 Å². The maximum Gasteiger partial charge on any atom is 0.130 e. The van der Waals surface area contributed by atoms with Gasteiger partial charge in [0, 0.05) is 6.20 Å². The van der Waals surface area contributed by atoms with E-state index in [1.54, 1.807) is 18.0 Å². The molecule has 0 fully saturated rings. The van der Waals surface area contributed by atoms with Gasteiger partial charge in [-0.05, 0) is 35.8 Å². The Morgan fingerprint density at radius 3 is 2.68 bits per heavy atom. The second kappa shape index (κ2) is 8.05. The molecule has 1 unspecified atom stereocenters. The van der Waals surface area contributed by atoms with E-state index in [4.69, 9.17) is 0 Å². The van der Waals surface area contributed by atoms with Gasteiger partial charge in [0.1, 0.15) is 5.82 Å². The highest BCUT2D eigenvalue weighted by Gasteiger charge is 2.10. The quantitative estimate of drug-likeness (QED) is 0.733. The first-order chi connectivity index (χ1) is 9.04. The topological polar surface area (TPSA) is 24.9 Å². The number of anilines is 1. The minimum atomic E-state index is 0.574. The number of rotatable bonds is 7. The fourth-order valence-corrected chi connectivity index (χ4v) is 2.75. The summed E-state index contributed by atoms with van der Waals surface area (Å²) in [5.41, 5.74) is 1.48. The SMILES string of the molecule is C=C(Nc1ccccn1)S/C=C(/C(C)C)C(C)CC. The molecule has 0 aliphatic rings. The van der Waals surface area contributed by atoms with Gasteiger partial charge in [-0.3, -0.25) is 0 Å². The van der Waals surface area contributed by atoms with Crippen LogP contribution in [0.3, 0.4) is 0 Å². The second-order valence-corrected chi connectivity index (χ2v) is 5.93. The molecule has 0 aliphatic carbocycles. The molecular formula is C16H24N2S. The number of thioether (sulfide) groups is 1. The number of aromatic nitrogens is 1. The summed E-state index contributed by atoms with van der Waals surface area (Å²) in [7, 11) is 0. The Morgan fingerprint density at radius 2 is 2.16 bits per heavy atom. The van der Waals surface area contributed by atoms with Crippen LogP contribution in [0.25, 0.3) is 0 Å². The van der Waals surface area contributed by atoms with E-state index in [1.165, 1.54) is 12.0 Å². The molecule has 0 radical (unpaired) electrons. The zero-order valence-electron chi connectivity index (χ0n) is 12.3. The summed E-state index contributed by atoms with van der Waals surface area (Å²) < 4.78 is 0. The monoisotopic (exact) mass is 276 g/mol. The maximum absolute atomic E-state index is 4.23. The molecule has 0 aliphatic heterocycles. The van der Waals surface area contributed by atoms with Gasteiger partial charge in [-0.15, -0.1) is 0 Å². The molecular weight excluding hydrogens is 252 g/mol. The van der Waals surface area contributed by atoms with Crippen molar-refractivity contribution in [2.24, 2.45) is 11.8 Å². The van der Waals surface area contributed by atoms with Gasteiger partial charge >= 0.3 is 0 Å². The average Bonchev–Trinajstić information content (AvgIpc) is 2.39. The molecule has 0 saturated heterocycles. The van der Waals surface area contributed by atoms with Crippen LogP contribution in [0, 0.1) is 11.8 Å². The molecule has 1 heterocycles. The number of nitrogens with zero attached hydrogens (tertiary/aromatic N) is 1. The molecule has 3 heteroatoms. The molecule has 104 valence electrons. The van der Waals surface area contributed by atoms with Crippen molar-refractivity contribution in [2.75, 3.05) is 5.32 Å². The van der Waals surface area contributed by atoms with Crippen LogP contribution in [0.5, 0.6) is 0 Å². The van der Waals surface area contributed by atoms with E-state index in [0.29, 0.717) is 11.8 Å². The lowest BCUT2D eigenvalue weighted by molar-refractivity contribution is 0.570. The zero-order chi connectivity index (χ0) is 14.3. The van der Waals surface area contributed by atoms with Crippen molar-refractivity contribution in [3.8, 4) is 0 Å². The van der Waals surface area contributed by atoms with Crippen LogP contribution in [-0.2, 0) is 0 Å². The molecule has 1 aromatic heterocycles. The van der Waals surface area contributed by atoms with E-state index < -0.39 is 0 Å². The van der Waals surface area contributed by atoms with E-state index in [2.05, 4.69) is 50.0 Å².